The third-order valence-electron chi connectivity index (χ3n) is 4.41. The van der Waals surface area contributed by atoms with Gasteiger partial charge in [0, 0.05) is 18.7 Å². The zero-order valence-electron chi connectivity index (χ0n) is 15.3. The van der Waals surface area contributed by atoms with Crippen LogP contribution in [0, 0.1) is 10.1 Å². The lowest BCUT2D eigenvalue weighted by Gasteiger charge is -2.30. The topological polar surface area (TPSA) is 119 Å². The maximum Gasteiger partial charge on any atom is 0.270 e. The summed E-state index contributed by atoms with van der Waals surface area (Å²) >= 11 is 0. The van der Waals surface area contributed by atoms with Gasteiger partial charge < -0.3 is 5.32 Å². The van der Waals surface area contributed by atoms with Crippen LogP contribution in [0.25, 0.3) is 0 Å². The molecule has 0 aliphatic heterocycles. The van der Waals surface area contributed by atoms with Gasteiger partial charge in [-0.05, 0) is 24.7 Å². The van der Waals surface area contributed by atoms with E-state index in [1.165, 1.54) is 12.1 Å². The van der Waals surface area contributed by atoms with Crippen LogP contribution in [-0.4, -0.2) is 37.9 Å². The monoisotopic (exact) mass is 392 g/mol. The molecule has 27 heavy (non-hydrogen) atoms. The molecule has 1 atom stereocenters. The second kappa shape index (κ2) is 8.94. The van der Waals surface area contributed by atoms with Crippen LogP contribution in [0.2, 0.25) is 0 Å². The van der Waals surface area contributed by atoms with Crippen molar-refractivity contribution >= 4 is 21.4 Å². The zero-order chi connectivity index (χ0) is 20.0. The number of non-ortho nitro benzene ring substituents is 1. The van der Waals surface area contributed by atoms with Gasteiger partial charge in [-0.3, -0.25) is 15.0 Å². The number of nitro benzene ring substituents is 1. The van der Waals surface area contributed by atoms with Gasteiger partial charge >= 0.3 is 0 Å². The molecule has 0 unspecified atom stereocenters. The molecule has 0 aliphatic carbocycles. The van der Waals surface area contributed by atoms with Crippen LogP contribution < -0.4 is 10.5 Å². The first kappa shape index (κ1) is 20.8. The molecule has 0 bridgehead atoms. The van der Waals surface area contributed by atoms with E-state index in [4.69, 9.17) is 5.14 Å². The first-order valence-corrected chi connectivity index (χ1v) is 10.2. The number of anilines is 1. The van der Waals surface area contributed by atoms with Crippen LogP contribution in [0.3, 0.4) is 0 Å². The average Bonchev–Trinajstić information content (AvgIpc) is 2.65. The summed E-state index contributed by atoms with van der Waals surface area (Å²) in [5.41, 5.74) is 1.01. The highest BCUT2D eigenvalue weighted by atomic mass is 32.2. The van der Waals surface area contributed by atoms with Gasteiger partial charge in [-0.2, -0.15) is 0 Å². The molecule has 2 rings (SSSR count). The molecule has 0 aromatic heterocycles. The quantitative estimate of drug-likeness (QED) is 0.500. The van der Waals surface area contributed by atoms with Gasteiger partial charge in [-0.1, -0.05) is 44.2 Å². The van der Waals surface area contributed by atoms with E-state index in [1.807, 2.05) is 30.3 Å². The molecule has 0 amide bonds. The van der Waals surface area contributed by atoms with E-state index in [2.05, 4.69) is 24.1 Å². The van der Waals surface area contributed by atoms with Crippen LogP contribution in [0.15, 0.2) is 53.4 Å². The van der Waals surface area contributed by atoms with Crippen molar-refractivity contribution in [2.75, 3.05) is 25.0 Å². The van der Waals surface area contributed by atoms with Crippen LogP contribution in [0.4, 0.5) is 11.4 Å². The third kappa shape index (κ3) is 5.25. The van der Waals surface area contributed by atoms with E-state index >= 15 is 0 Å². The van der Waals surface area contributed by atoms with E-state index in [0.717, 1.165) is 24.7 Å². The molecule has 9 heteroatoms. The first-order chi connectivity index (χ1) is 12.8. The van der Waals surface area contributed by atoms with Crippen molar-refractivity contribution in [3.05, 3.63) is 64.2 Å². The fourth-order valence-electron chi connectivity index (χ4n) is 3.01. The number of likely N-dealkylation sites (N-methyl/N-ethyl adjacent to an activating group) is 1. The molecule has 0 fully saturated rings. The van der Waals surface area contributed by atoms with Crippen molar-refractivity contribution in [2.24, 2.45) is 5.14 Å². The largest absolute Gasteiger partial charge is 0.382 e. The Labute approximate surface area is 159 Å². The van der Waals surface area contributed by atoms with Crippen LogP contribution >= 0.6 is 0 Å². The summed E-state index contributed by atoms with van der Waals surface area (Å²) in [7, 11) is -4.11. The van der Waals surface area contributed by atoms with Gasteiger partial charge in [0.05, 0.1) is 16.7 Å². The van der Waals surface area contributed by atoms with Crippen LogP contribution in [-0.2, 0) is 10.0 Å². The van der Waals surface area contributed by atoms with Gasteiger partial charge in [0.2, 0.25) is 10.0 Å². The van der Waals surface area contributed by atoms with Crippen LogP contribution in [0.1, 0.15) is 25.5 Å². The molecule has 0 spiro atoms. The van der Waals surface area contributed by atoms with Crippen molar-refractivity contribution in [1.82, 2.24) is 4.90 Å². The summed E-state index contributed by atoms with van der Waals surface area (Å²) in [6.07, 6.45) is 0. The van der Waals surface area contributed by atoms with Crippen molar-refractivity contribution < 1.29 is 13.3 Å². The van der Waals surface area contributed by atoms with Crippen molar-refractivity contribution in [3.63, 3.8) is 0 Å². The van der Waals surface area contributed by atoms with Crippen molar-refractivity contribution in [3.8, 4) is 0 Å². The van der Waals surface area contributed by atoms with Gasteiger partial charge in [-0.15, -0.1) is 0 Å². The fraction of sp³-hybridized carbons (Fsp3) is 0.333. The molecule has 2 aromatic rings. The van der Waals surface area contributed by atoms with Gasteiger partial charge in [-0.25, -0.2) is 13.6 Å². The highest BCUT2D eigenvalue weighted by Crippen LogP contribution is 2.27. The summed E-state index contributed by atoms with van der Waals surface area (Å²) in [5.74, 6) is 0. The van der Waals surface area contributed by atoms with E-state index in [1.54, 1.807) is 0 Å². The van der Waals surface area contributed by atoms with Crippen LogP contribution in [0.5, 0.6) is 0 Å². The molecule has 3 N–H and O–H groups in total. The predicted octanol–water partition coefficient (Wildman–Crippen LogP) is 2.74. The number of nitrogens with zero attached hydrogens (tertiary/aromatic N) is 2. The Hall–Kier alpha value is -2.49. The SMILES string of the molecule is CCN(CC)[C@H](CNc1ccc([N+](=O)[O-])cc1S(N)(=O)=O)c1ccccc1. The van der Waals surface area contributed by atoms with Gasteiger partial charge in [0.15, 0.2) is 0 Å². The average molecular weight is 392 g/mol. The maximum atomic E-state index is 11.9. The molecule has 146 valence electrons. The highest BCUT2D eigenvalue weighted by Gasteiger charge is 2.22. The van der Waals surface area contributed by atoms with Gasteiger partial charge in [0.25, 0.3) is 5.69 Å². The number of sulfonamides is 1. The predicted molar refractivity (Wildman–Crippen MR) is 105 cm³/mol. The summed E-state index contributed by atoms with van der Waals surface area (Å²) in [6.45, 7) is 6.17. The molecule has 0 radical (unpaired) electrons. The zero-order valence-corrected chi connectivity index (χ0v) is 16.1. The number of nitrogens with two attached hydrogens (primary N) is 1. The van der Waals surface area contributed by atoms with E-state index in [-0.39, 0.29) is 22.3 Å². The van der Waals surface area contributed by atoms with Crippen molar-refractivity contribution in [1.29, 1.82) is 0 Å². The van der Waals surface area contributed by atoms with E-state index in [9.17, 15) is 18.5 Å². The summed E-state index contributed by atoms with van der Waals surface area (Å²) in [4.78, 5) is 12.3. The Morgan fingerprint density at radius 1 is 1.15 bits per heavy atom. The second-order valence-corrected chi connectivity index (χ2v) is 7.54. The molecule has 2 aromatic carbocycles. The number of primary sulfonamides is 1. The Morgan fingerprint density at radius 2 is 1.78 bits per heavy atom. The molecule has 0 saturated carbocycles. The number of nitrogens with one attached hydrogen (secondary N) is 1. The standard InChI is InChI=1S/C18H24N4O4S/c1-3-21(4-2)17(14-8-6-5-7-9-14)13-20-16-11-10-15(22(23)24)12-18(16)27(19,25)26/h5-12,17,20H,3-4,13H2,1-2H3,(H2,19,25,26)/t17-/m1/s1. The third-order valence-corrected chi connectivity index (χ3v) is 5.36. The molecule has 8 nitrogen and oxygen atoms in total. The number of benzene rings is 2. The minimum atomic E-state index is -4.11. The Balaban J connectivity index is 2.35. The normalized spacial score (nSPS) is 12.7. The maximum absolute atomic E-state index is 11.9. The summed E-state index contributed by atoms with van der Waals surface area (Å²) in [5, 5.41) is 19.3. The lowest BCUT2D eigenvalue weighted by Crippen LogP contribution is -2.33. The lowest BCUT2D eigenvalue weighted by molar-refractivity contribution is -0.385. The smallest absolute Gasteiger partial charge is 0.270 e. The Kier molecular flexibility index (Phi) is 6.89. The number of hydrogen-bond donors (Lipinski definition) is 2. The molecular formula is C18H24N4O4S. The second-order valence-electron chi connectivity index (χ2n) is 6.01. The number of hydrogen-bond acceptors (Lipinski definition) is 6. The Bertz CT molecular complexity index is 883. The fourth-order valence-corrected chi connectivity index (χ4v) is 3.74. The number of rotatable bonds is 9. The van der Waals surface area contributed by atoms with Gasteiger partial charge in [0.1, 0.15) is 4.90 Å². The first-order valence-electron chi connectivity index (χ1n) is 8.62. The van der Waals surface area contributed by atoms with E-state index < -0.39 is 14.9 Å². The molecule has 0 saturated heterocycles. The number of nitro groups is 1. The van der Waals surface area contributed by atoms with E-state index in [0.29, 0.717) is 6.54 Å². The molecule has 0 heterocycles. The minimum absolute atomic E-state index is 0.00437. The lowest BCUT2D eigenvalue weighted by atomic mass is 10.0. The minimum Gasteiger partial charge on any atom is -0.382 e. The summed E-state index contributed by atoms with van der Waals surface area (Å²) in [6, 6.07) is 13.5. The summed E-state index contributed by atoms with van der Waals surface area (Å²) < 4.78 is 23.8. The highest BCUT2D eigenvalue weighted by molar-refractivity contribution is 7.89. The Morgan fingerprint density at radius 3 is 2.30 bits per heavy atom. The van der Waals surface area contributed by atoms with Crippen molar-refractivity contribution in [2.45, 2.75) is 24.8 Å². The molecule has 0 aliphatic rings. The molecular weight excluding hydrogens is 368 g/mol.